The lowest BCUT2D eigenvalue weighted by molar-refractivity contribution is 0.327. The van der Waals surface area contributed by atoms with Crippen LogP contribution in [0.2, 0.25) is 0 Å². The first-order valence-corrected chi connectivity index (χ1v) is 6.41. The molecule has 0 aromatic carbocycles. The monoisotopic (exact) mass is 226 g/mol. The summed E-state index contributed by atoms with van der Waals surface area (Å²) in [6.07, 6.45) is 2.11. The van der Waals surface area contributed by atoms with Crippen LogP contribution in [0.25, 0.3) is 0 Å². The molecule has 0 radical (unpaired) electrons. The summed E-state index contributed by atoms with van der Waals surface area (Å²) >= 11 is 1.84. The number of pyridine rings is 1. The second-order valence-electron chi connectivity index (χ2n) is 3.22. The third-order valence-electron chi connectivity index (χ3n) is 1.99. The van der Waals surface area contributed by atoms with Gasteiger partial charge < -0.3 is 10.1 Å². The highest BCUT2D eigenvalue weighted by Crippen LogP contribution is 2.12. The van der Waals surface area contributed by atoms with Crippen LogP contribution in [0.5, 0.6) is 5.88 Å². The topological polar surface area (TPSA) is 34.1 Å². The van der Waals surface area contributed by atoms with Crippen molar-refractivity contribution >= 4 is 17.6 Å². The predicted octanol–water partition coefficient (Wildman–Crippen LogP) is 2.64. The molecule has 0 bridgehead atoms. The van der Waals surface area contributed by atoms with Gasteiger partial charge in [-0.05, 0) is 19.2 Å². The molecule has 1 aromatic rings. The van der Waals surface area contributed by atoms with E-state index in [1.165, 1.54) is 0 Å². The lowest BCUT2D eigenvalue weighted by Gasteiger charge is -2.11. The lowest BCUT2D eigenvalue weighted by atomic mass is 10.4. The summed E-state index contributed by atoms with van der Waals surface area (Å²) in [5.41, 5.74) is 0. The lowest BCUT2D eigenvalue weighted by Crippen LogP contribution is -2.13. The van der Waals surface area contributed by atoms with Gasteiger partial charge in [0.15, 0.2) is 0 Å². The van der Waals surface area contributed by atoms with Crippen molar-refractivity contribution in [2.45, 2.75) is 19.1 Å². The van der Waals surface area contributed by atoms with E-state index >= 15 is 0 Å². The Kier molecular flexibility index (Phi) is 5.32. The molecule has 0 amide bonds. The molecule has 0 aliphatic rings. The van der Waals surface area contributed by atoms with E-state index in [9.17, 15) is 0 Å². The fourth-order valence-corrected chi connectivity index (χ4v) is 1.32. The number of nitrogens with one attached hydrogen (secondary N) is 1. The van der Waals surface area contributed by atoms with E-state index in [2.05, 4.69) is 23.5 Å². The molecule has 1 heterocycles. The molecule has 1 N–H and O–H groups in total. The van der Waals surface area contributed by atoms with Gasteiger partial charge in [0.05, 0.1) is 6.61 Å². The Morgan fingerprint density at radius 2 is 2.33 bits per heavy atom. The number of anilines is 1. The van der Waals surface area contributed by atoms with Gasteiger partial charge in [-0.3, -0.25) is 0 Å². The van der Waals surface area contributed by atoms with Crippen molar-refractivity contribution in [1.29, 1.82) is 0 Å². The molecule has 0 spiro atoms. The minimum atomic E-state index is 0.586. The number of rotatable bonds is 6. The van der Waals surface area contributed by atoms with Crippen LogP contribution in [0, 0.1) is 0 Å². The van der Waals surface area contributed by atoms with Crippen molar-refractivity contribution in [3.8, 4) is 5.88 Å². The summed E-state index contributed by atoms with van der Waals surface area (Å²) in [4.78, 5) is 4.33. The van der Waals surface area contributed by atoms with Crippen molar-refractivity contribution in [2.75, 3.05) is 24.7 Å². The van der Waals surface area contributed by atoms with Crippen LogP contribution in [-0.2, 0) is 0 Å². The molecule has 3 nitrogen and oxygen atoms in total. The molecule has 4 heteroatoms. The minimum absolute atomic E-state index is 0.586. The molecule has 0 saturated carbocycles. The number of thioether (sulfide) groups is 1. The third kappa shape index (κ3) is 4.42. The first kappa shape index (κ1) is 12.2. The zero-order valence-electron chi connectivity index (χ0n) is 9.49. The van der Waals surface area contributed by atoms with E-state index in [-0.39, 0.29) is 0 Å². The summed E-state index contributed by atoms with van der Waals surface area (Å²) in [5.74, 6) is 1.56. The Morgan fingerprint density at radius 1 is 1.53 bits per heavy atom. The molecule has 1 aromatic heterocycles. The molecule has 84 valence electrons. The maximum Gasteiger partial charge on any atom is 0.215 e. The van der Waals surface area contributed by atoms with Gasteiger partial charge in [-0.2, -0.15) is 16.7 Å². The van der Waals surface area contributed by atoms with Crippen LogP contribution >= 0.6 is 11.8 Å². The predicted molar refractivity (Wildman–Crippen MR) is 66.9 cm³/mol. The van der Waals surface area contributed by atoms with Crippen molar-refractivity contribution in [3.63, 3.8) is 0 Å². The zero-order chi connectivity index (χ0) is 11.1. The number of hydrogen-bond acceptors (Lipinski definition) is 4. The van der Waals surface area contributed by atoms with Gasteiger partial charge in [0, 0.05) is 17.9 Å². The highest BCUT2D eigenvalue weighted by Gasteiger charge is 2.00. The quantitative estimate of drug-likeness (QED) is 0.808. The van der Waals surface area contributed by atoms with Crippen molar-refractivity contribution in [1.82, 2.24) is 4.98 Å². The van der Waals surface area contributed by atoms with E-state index in [1.54, 1.807) is 0 Å². The Hall–Kier alpha value is -0.900. The van der Waals surface area contributed by atoms with E-state index in [0.29, 0.717) is 17.7 Å². The second kappa shape index (κ2) is 6.56. The van der Waals surface area contributed by atoms with E-state index in [0.717, 1.165) is 12.4 Å². The SMILES string of the molecule is CCOc1cccc(NCC(C)SC)n1. The van der Waals surface area contributed by atoms with Crippen molar-refractivity contribution < 1.29 is 4.74 Å². The Balaban J connectivity index is 2.50. The maximum atomic E-state index is 5.32. The van der Waals surface area contributed by atoms with Gasteiger partial charge in [-0.15, -0.1) is 0 Å². The number of aromatic nitrogens is 1. The molecule has 1 unspecified atom stereocenters. The van der Waals surface area contributed by atoms with Gasteiger partial charge in [0.25, 0.3) is 0 Å². The Labute approximate surface area is 95.6 Å². The average Bonchev–Trinajstić information content (AvgIpc) is 2.27. The molecule has 0 aliphatic carbocycles. The smallest absolute Gasteiger partial charge is 0.215 e. The molecule has 1 atom stereocenters. The zero-order valence-corrected chi connectivity index (χ0v) is 10.3. The summed E-state index contributed by atoms with van der Waals surface area (Å²) in [6, 6.07) is 5.77. The van der Waals surface area contributed by atoms with Crippen LogP contribution in [-0.4, -0.2) is 29.6 Å². The fraction of sp³-hybridized carbons (Fsp3) is 0.545. The third-order valence-corrected chi connectivity index (χ3v) is 2.96. The van der Waals surface area contributed by atoms with Gasteiger partial charge in [-0.25, -0.2) is 0 Å². The summed E-state index contributed by atoms with van der Waals surface area (Å²) in [7, 11) is 0. The van der Waals surface area contributed by atoms with E-state index in [1.807, 2.05) is 36.9 Å². The van der Waals surface area contributed by atoms with Crippen LogP contribution in [0.3, 0.4) is 0 Å². The molecular formula is C11H18N2OS. The van der Waals surface area contributed by atoms with E-state index < -0.39 is 0 Å². The van der Waals surface area contributed by atoms with E-state index in [4.69, 9.17) is 4.74 Å². The number of hydrogen-bond donors (Lipinski definition) is 1. The van der Waals surface area contributed by atoms with Crippen LogP contribution in [0.4, 0.5) is 5.82 Å². The van der Waals surface area contributed by atoms with Crippen LogP contribution in [0.1, 0.15) is 13.8 Å². The highest BCUT2D eigenvalue weighted by atomic mass is 32.2. The highest BCUT2D eigenvalue weighted by molar-refractivity contribution is 7.99. The first-order valence-electron chi connectivity index (χ1n) is 5.12. The molecule has 0 saturated heterocycles. The normalized spacial score (nSPS) is 12.2. The van der Waals surface area contributed by atoms with Crippen molar-refractivity contribution in [2.24, 2.45) is 0 Å². The largest absolute Gasteiger partial charge is 0.478 e. The standard InChI is InChI=1S/C11H18N2OS/c1-4-14-11-7-5-6-10(13-11)12-8-9(2)15-3/h5-7,9H,4,8H2,1-3H3,(H,12,13). The average molecular weight is 226 g/mol. The second-order valence-corrected chi connectivity index (χ2v) is 4.50. The molecule has 0 fully saturated rings. The van der Waals surface area contributed by atoms with Crippen molar-refractivity contribution in [3.05, 3.63) is 18.2 Å². The summed E-state index contributed by atoms with van der Waals surface area (Å²) in [5, 5.41) is 3.87. The van der Waals surface area contributed by atoms with Crippen LogP contribution in [0.15, 0.2) is 18.2 Å². The Bertz CT molecular complexity index is 294. The van der Waals surface area contributed by atoms with Gasteiger partial charge >= 0.3 is 0 Å². The molecular weight excluding hydrogens is 208 g/mol. The van der Waals surface area contributed by atoms with Gasteiger partial charge in [0.1, 0.15) is 5.82 Å². The summed E-state index contributed by atoms with van der Waals surface area (Å²) < 4.78 is 5.32. The van der Waals surface area contributed by atoms with Gasteiger partial charge in [0.2, 0.25) is 5.88 Å². The fourth-order valence-electron chi connectivity index (χ4n) is 1.07. The maximum absolute atomic E-state index is 5.32. The molecule has 15 heavy (non-hydrogen) atoms. The summed E-state index contributed by atoms with van der Waals surface area (Å²) in [6.45, 7) is 5.71. The van der Waals surface area contributed by atoms with Gasteiger partial charge in [-0.1, -0.05) is 13.0 Å². The first-order chi connectivity index (χ1) is 7.26. The minimum Gasteiger partial charge on any atom is -0.478 e. The number of ether oxygens (including phenoxy) is 1. The van der Waals surface area contributed by atoms with Crippen LogP contribution < -0.4 is 10.1 Å². The molecule has 0 aliphatic heterocycles. The molecule has 1 rings (SSSR count). The Morgan fingerprint density at radius 3 is 3.00 bits per heavy atom. The number of nitrogens with zero attached hydrogens (tertiary/aromatic N) is 1.